The topological polar surface area (TPSA) is 43.1 Å². The van der Waals surface area contributed by atoms with Crippen molar-refractivity contribution in [1.82, 2.24) is 0 Å². The van der Waals surface area contributed by atoms with E-state index in [1.54, 1.807) is 13.3 Å². The lowest BCUT2D eigenvalue weighted by Gasteiger charge is -2.16. The molecule has 2 nitrogen and oxygen atoms in total. The standard InChI is InChI=1S/C9H14NOP.ClH/c1-12(2,11)9(10)8-6-4-3-5-7-8;/h3-7,9H,10H2,1-2H3;1H/t9-;/m1./s1. The summed E-state index contributed by atoms with van der Waals surface area (Å²) in [4.78, 5) is 0. The fraction of sp³-hybridized carbons (Fsp3) is 0.333. The van der Waals surface area contributed by atoms with E-state index in [9.17, 15) is 4.57 Å². The summed E-state index contributed by atoms with van der Waals surface area (Å²) in [6.45, 7) is 3.43. The van der Waals surface area contributed by atoms with E-state index in [4.69, 9.17) is 5.73 Å². The third kappa shape index (κ3) is 3.51. The van der Waals surface area contributed by atoms with E-state index in [2.05, 4.69) is 0 Å². The Morgan fingerprint density at radius 2 is 1.69 bits per heavy atom. The molecule has 4 heteroatoms. The molecule has 0 aliphatic carbocycles. The van der Waals surface area contributed by atoms with Crippen molar-refractivity contribution < 1.29 is 4.57 Å². The van der Waals surface area contributed by atoms with Crippen LogP contribution in [-0.4, -0.2) is 13.3 Å². The van der Waals surface area contributed by atoms with Crippen molar-refractivity contribution in [3.63, 3.8) is 0 Å². The van der Waals surface area contributed by atoms with Gasteiger partial charge in [-0.05, 0) is 18.9 Å². The first-order chi connectivity index (χ1) is 5.52. The maximum absolute atomic E-state index is 11.6. The third-order valence-corrected chi connectivity index (χ3v) is 3.45. The summed E-state index contributed by atoms with van der Waals surface area (Å²) in [6, 6.07) is 9.55. The summed E-state index contributed by atoms with van der Waals surface area (Å²) in [5.74, 6) is -0.321. The number of rotatable bonds is 2. The van der Waals surface area contributed by atoms with Gasteiger partial charge in [0.1, 0.15) is 7.14 Å². The Morgan fingerprint density at radius 3 is 2.08 bits per heavy atom. The quantitative estimate of drug-likeness (QED) is 0.778. The van der Waals surface area contributed by atoms with Crippen LogP contribution in [0.15, 0.2) is 30.3 Å². The minimum atomic E-state index is -2.20. The van der Waals surface area contributed by atoms with Crippen molar-refractivity contribution in [2.45, 2.75) is 5.78 Å². The average molecular weight is 220 g/mol. The molecule has 0 heterocycles. The van der Waals surface area contributed by atoms with Crippen LogP contribution in [0.3, 0.4) is 0 Å². The lowest BCUT2D eigenvalue weighted by molar-refractivity contribution is 0.574. The van der Waals surface area contributed by atoms with Gasteiger partial charge in [0.15, 0.2) is 0 Å². The van der Waals surface area contributed by atoms with E-state index in [0.717, 1.165) is 5.56 Å². The Balaban J connectivity index is 0.00000144. The highest BCUT2D eigenvalue weighted by Gasteiger charge is 2.19. The van der Waals surface area contributed by atoms with Crippen molar-refractivity contribution in [2.24, 2.45) is 5.73 Å². The highest BCUT2D eigenvalue weighted by atomic mass is 35.5. The van der Waals surface area contributed by atoms with Crippen molar-refractivity contribution in [1.29, 1.82) is 0 Å². The lowest BCUT2D eigenvalue weighted by Crippen LogP contribution is -2.09. The van der Waals surface area contributed by atoms with Gasteiger partial charge in [0, 0.05) is 0 Å². The molecule has 0 aliphatic heterocycles. The number of hydrogen-bond donors (Lipinski definition) is 1. The highest BCUT2D eigenvalue weighted by molar-refractivity contribution is 7.62. The molecule has 0 radical (unpaired) electrons. The molecule has 0 saturated heterocycles. The van der Waals surface area contributed by atoms with Gasteiger partial charge in [0.25, 0.3) is 0 Å². The van der Waals surface area contributed by atoms with Gasteiger partial charge in [0.05, 0.1) is 5.78 Å². The van der Waals surface area contributed by atoms with E-state index >= 15 is 0 Å². The van der Waals surface area contributed by atoms with Crippen molar-refractivity contribution in [3.8, 4) is 0 Å². The Hall–Kier alpha value is -0.300. The first-order valence-corrected chi connectivity index (χ1v) is 6.54. The van der Waals surface area contributed by atoms with Crippen LogP contribution >= 0.6 is 19.5 Å². The van der Waals surface area contributed by atoms with E-state index in [1.807, 2.05) is 30.3 Å². The summed E-state index contributed by atoms with van der Waals surface area (Å²) in [5.41, 5.74) is 6.76. The Morgan fingerprint density at radius 1 is 1.23 bits per heavy atom. The van der Waals surface area contributed by atoms with Crippen molar-refractivity contribution in [2.75, 3.05) is 13.3 Å². The van der Waals surface area contributed by atoms with E-state index < -0.39 is 7.14 Å². The Labute approximate surface area is 85.3 Å². The van der Waals surface area contributed by atoms with Gasteiger partial charge in [-0.2, -0.15) is 0 Å². The van der Waals surface area contributed by atoms with E-state index in [0.29, 0.717) is 0 Å². The first kappa shape index (κ1) is 12.7. The van der Waals surface area contributed by atoms with Gasteiger partial charge in [-0.25, -0.2) is 0 Å². The largest absolute Gasteiger partial charge is 0.322 e. The van der Waals surface area contributed by atoms with Crippen LogP contribution in [0.4, 0.5) is 0 Å². The molecule has 74 valence electrons. The molecule has 0 bridgehead atoms. The molecule has 0 aliphatic rings. The molecular formula is C9H15ClNOP. The molecule has 0 amide bonds. The van der Waals surface area contributed by atoms with E-state index in [-0.39, 0.29) is 18.2 Å². The number of benzene rings is 1. The van der Waals surface area contributed by atoms with Crippen LogP contribution in [0.5, 0.6) is 0 Å². The fourth-order valence-corrected chi connectivity index (χ4v) is 1.90. The minimum absolute atomic E-state index is 0. The highest BCUT2D eigenvalue weighted by Crippen LogP contribution is 2.48. The molecule has 0 saturated carbocycles. The molecule has 1 aromatic rings. The van der Waals surface area contributed by atoms with Gasteiger partial charge in [-0.1, -0.05) is 30.3 Å². The van der Waals surface area contributed by atoms with Crippen molar-refractivity contribution >= 4 is 19.5 Å². The second-order valence-corrected chi connectivity index (χ2v) is 6.71. The lowest BCUT2D eigenvalue weighted by atomic mass is 10.2. The summed E-state index contributed by atoms with van der Waals surface area (Å²) >= 11 is 0. The normalized spacial score (nSPS) is 13.2. The van der Waals surface area contributed by atoms with Gasteiger partial charge < -0.3 is 10.3 Å². The molecule has 13 heavy (non-hydrogen) atoms. The van der Waals surface area contributed by atoms with Crippen LogP contribution in [-0.2, 0) is 4.57 Å². The third-order valence-electron chi connectivity index (χ3n) is 1.81. The molecule has 0 spiro atoms. The SMILES string of the molecule is CP(C)(=O)[C@@H](N)c1ccccc1.Cl. The Kier molecular flexibility index (Phi) is 4.69. The smallest absolute Gasteiger partial charge is 0.102 e. The van der Waals surface area contributed by atoms with Crippen LogP contribution in [0.2, 0.25) is 0 Å². The zero-order valence-electron chi connectivity index (χ0n) is 7.81. The summed E-state index contributed by atoms with van der Waals surface area (Å²) in [6.07, 6.45) is 0. The van der Waals surface area contributed by atoms with Crippen LogP contribution in [0.25, 0.3) is 0 Å². The van der Waals surface area contributed by atoms with Crippen LogP contribution in [0, 0.1) is 0 Å². The fourth-order valence-electron chi connectivity index (χ4n) is 1.01. The molecule has 1 aromatic carbocycles. The summed E-state index contributed by atoms with van der Waals surface area (Å²) < 4.78 is 11.6. The molecule has 2 N–H and O–H groups in total. The van der Waals surface area contributed by atoms with Crippen LogP contribution < -0.4 is 5.73 Å². The molecule has 0 aromatic heterocycles. The van der Waals surface area contributed by atoms with Crippen molar-refractivity contribution in [3.05, 3.63) is 35.9 Å². The van der Waals surface area contributed by atoms with Gasteiger partial charge in [0.2, 0.25) is 0 Å². The number of nitrogens with two attached hydrogens (primary N) is 1. The Bertz CT molecular complexity index is 296. The molecular weight excluding hydrogens is 205 g/mol. The number of halogens is 1. The maximum atomic E-state index is 11.6. The first-order valence-electron chi connectivity index (χ1n) is 3.87. The van der Waals surface area contributed by atoms with Gasteiger partial charge in [-0.15, -0.1) is 12.4 Å². The minimum Gasteiger partial charge on any atom is -0.322 e. The molecule has 0 unspecified atom stereocenters. The predicted molar refractivity (Wildman–Crippen MR) is 60.1 cm³/mol. The van der Waals surface area contributed by atoms with Crippen LogP contribution in [0.1, 0.15) is 11.3 Å². The predicted octanol–water partition coefficient (Wildman–Crippen LogP) is 2.69. The molecule has 1 rings (SSSR count). The van der Waals surface area contributed by atoms with E-state index in [1.165, 1.54) is 0 Å². The zero-order chi connectivity index (χ0) is 9.19. The maximum Gasteiger partial charge on any atom is 0.102 e. The van der Waals surface area contributed by atoms with Gasteiger partial charge >= 0.3 is 0 Å². The molecule has 1 atom stereocenters. The summed E-state index contributed by atoms with van der Waals surface area (Å²) in [5, 5.41) is 0. The average Bonchev–Trinajstić information content (AvgIpc) is 2.03. The second kappa shape index (κ2) is 4.80. The molecule has 0 fully saturated rings. The number of hydrogen-bond acceptors (Lipinski definition) is 2. The van der Waals surface area contributed by atoms with Gasteiger partial charge in [-0.3, -0.25) is 0 Å². The summed E-state index contributed by atoms with van der Waals surface area (Å²) in [7, 11) is -2.20. The monoisotopic (exact) mass is 219 g/mol. The zero-order valence-corrected chi connectivity index (χ0v) is 9.52. The second-order valence-electron chi connectivity index (χ2n) is 3.29.